The molecule has 0 aliphatic rings. The fraction of sp³-hybridized carbons (Fsp3) is 0.385. The minimum absolute atomic E-state index is 0.303. The third kappa shape index (κ3) is 2.90. The second-order valence-electron chi connectivity index (χ2n) is 4.26. The average molecular weight is 247 g/mol. The molecule has 1 aromatic carbocycles. The van der Waals surface area contributed by atoms with Gasteiger partial charge in [0.15, 0.2) is 0 Å². The topological polar surface area (TPSA) is 37.8 Å². The standard InChI is InChI=1S/C13H17N3S/c1-9-5-4-6-11(7-9)8-12(14-3)13-10(2)15-16-17-13/h4-7,12,14H,8H2,1-3H3. The Bertz CT molecular complexity index is 493. The Labute approximate surface area is 106 Å². The van der Waals surface area contributed by atoms with Crippen LogP contribution in [-0.2, 0) is 6.42 Å². The van der Waals surface area contributed by atoms with E-state index in [1.165, 1.54) is 27.5 Å². The number of aryl methyl sites for hydroxylation is 2. The van der Waals surface area contributed by atoms with E-state index in [1.807, 2.05) is 14.0 Å². The highest BCUT2D eigenvalue weighted by Crippen LogP contribution is 2.23. The molecule has 1 aromatic heterocycles. The largest absolute Gasteiger partial charge is 0.312 e. The van der Waals surface area contributed by atoms with Crippen molar-refractivity contribution < 1.29 is 0 Å². The van der Waals surface area contributed by atoms with E-state index in [1.54, 1.807) is 0 Å². The van der Waals surface area contributed by atoms with Gasteiger partial charge in [-0.05, 0) is 44.4 Å². The van der Waals surface area contributed by atoms with Gasteiger partial charge in [-0.2, -0.15) is 0 Å². The zero-order valence-electron chi connectivity index (χ0n) is 10.4. The number of nitrogens with one attached hydrogen (secondary N) is 1. The van der Waals surface area contributed by atoms with Crippen LogP contribution in [0, 0.1) is 13.8 Å². The normalized spacial score (nSPS) is 12.6. The Morgan fingerprint density at radius 1 is 1.35 bits per heavy atom. The molecule has 0 aliphatic heterocycles. The molecule has 0 radical (unpaired) electrons. The summed E-state index contributed by atoms with van der Waals surface area (Å²) in [4.78, 5) is 1.23. The molecular formula is C13H17N3S. The van der Waals surface area contributed by atoms with E-state index in [0.717, 1.165) is 12.1 Å². The van der Waals surface area contributed by atoms with Crippen LogP contribution in [0.1, 0.15) is 27.7 Å². The minimum Gasteiger partial charge on any atom is -0.312 e. The fourth-order valence-corrected chi connectivity index (χ4v) is 2.71. The summed E-state index contributed by atoms with van der Waals surface area (Å²) in [5.74, 6) is 0. The molecule has 2 rings (SSSR count). The Kier molecular flexibility index (Phi) is 3.86. The van der Waals surface area contributed by atoms with Crippen LogP contribution in [0.3, 0.4) is 0 Å². The van der Waals surface area contributed by atoms with Crippen molar-refractivity contribution in [3.8, 4) is 0 Å². The van der Waals surface area contributed by atoms with Crippen molar-refractivity contribution in [1.29, 1.82) is 0 Å². The van der Waals surface area contributed by atoms with Crippen molar-refractivity contribution in [2.24, 2.45) is 0 Å². The summed E-state index contributed by atoms with van der Waals surface area (Å²) in [5.41, 5.74) is 3.68. The first-order valence-corrected chi connectivity index (χ1v) is 6.49. The molecule has 0 saturated heterocycles. The fourth-order valence-electron chi connectivity index (χ4n) is 1.96. The highest BCUT2D eigenvalue weighted by molar-refractivity contribution is 7.05. The summed E-state index contributed by atoms with van der Waals surface area (Å²) >= 11 is 1.48. The van der Waals surface area contributed by atoms with Gasteiger partial charge in [0.1, 0.15) is 0 Å². The molecule has 0 saturated carbocycles. The van der Waals surface area contributed by atoms with E-state index in [4.69, 9.17) is 0 Å². The number of likely N-dealkylation sites (N-methyl/N-ethyl adjacent to an activating group) is 1. The summed E-state index contributed by atoms with van der Waals surface area (Å²) < 4.78 is 4.00. The van der Waals surface area contributed by atoms with Crippen LogP contribution in [0.5, 0.6) is 0 Å². The molecule has 0 amide bonds. The predicted octanol–water partition coefficient (Wildman–Crippen LogP) is 2.66. The summed E-state index contributed by atoms with van der Waals surface area (Å²) in [6, 6.07) is 8.93. The van der Waals surface area contributed by atoms with Crippen molar-refractivity contribution in [1.82, 2.24) is 14.9 Å². The van der Waals surface area contributed by atoms with Crippen LogP contribution < -0.4 is 5.32 Å². The number of nitrogens with zero attached hydrogens (tertiary/aromatic N) is 2. The maximum absolute atomic E-state index is 4.07. The van der Waals surface area contributed by atoms with Crippen LogP contribution in [-0.4, -0.2) is 16.6 Å². The van der Waals surface area contributed by atoms with E-state index in [0.29, 0.717) is 6.04 Å². The molecule has 1 N–H and O–H groups in total. The molecule has 0 fully saturated rings. The summed E-state index contributed by atoms with van der Waals surface area (Å²) in [6.07, 6.45) is 0.975. The van der Waals surface area contributed by atoms with Gasteiger partial charge in [0, 0.05) is 6.04 Å². The van der Waals surface area contributed by atoms with Gasteiger partial charge in [0.2, 0.25) is 0 Å². The van der Waals surface area contributed by atoms with Crippen molar-refractivity contribution in [2.75, 3.05) is 7.05 Å². The number of aromatic nitrogens is 2. The summed E-state index contributed by atoms with van der Waals surface area (Å²) in [6.45, 7) is 4.14. The Balaban J connectivity index is 2.19. The molecule has 1 unspecified atom stereocenters. The maximum atomic E-state index is 4.07. The second kappa shape index (κ2) is 5.38. The Hall–Kier alpha value is -1.26. The first-order chi connectivity index (χ1) is 8.20. The van der Waals surface area contributed by atoms with E-state index < -0.39 is 0 Å². The molecular weight excluding hydrogens is 230 g/mol. The van der Waals surface area contributed by atoms with E-state index in [-0.39, 0.29) is 0 Å². The molecule has 4 heteroatoms. The van der Waals surface area contributed by atoms with Gasteiger partial charge >= 0.3 is 0 Å². The molecule has 17 heavy (non-hydrogen) atoms. The molecule has 3 nitrogen and oxygen atoms in total. The van der Waals surface area contributed by atoms with Gasteiger partial charge in [0.25, 0.3) is 0 Å². The van der Waals surface area contributed by atoms with Gasteiger partial charge in [-0.3, -0.25) is 0 Å². The molecule has 90 valence electrons. The molecule has 1 atom stereocenters. The monoisotopic (exact) mass is 247 g/mol. The van der Waals surface area contributed by atoms with Crippen LogP contribution >= 0.6 is 11.5 Å². The minimum atomic E-state index is 0.303. The average Bonchev–Trinajstić information content (AvgIpc) is 2.72. The zero-order valence-corrected chi connectivity index (χ0v) is 11.2. The lowest BCUT2D eigenvalue weighted by molar-refractivity contribution is 0.597. The molecule has 1 heterocycles. The van der Waals surface area contributed by atoms with Gasteiger partial charge in [-0.25, -0.2) is 0 Å². The van der Waals surface area contributed by atoms with Gasteiger partial charge in [0.05, 0.1) is 10.6 Å². The van der Waals surface area contributed by atoms with Crippen molar-refractivity contribution >= 4 is 11.5 Å². The summed E-state index contributed by atoms with van der Waals surface area (Å²) in [5, 5.41) is 7.42. The third-order valence-electron chi connectivity index (χ3n) is 2.87. The highest BCUT2D eigenvalue weighted by Gasteiger charge is 2.15. The SMILES string of the molecule is CNC(Cc1cccc(C)c1)c1snnc1C. The third-order valence-corrected chi connectivity index (χ3v) is 3.81. The van der Waals surface area contributed by atoms with E-state index >= 15 is 0 Å². The molecule has 0 bridgehead atoms. The second-order valence-corrected chi connectivity index (χ2v) is 5.04. The number of hydrogen-bond acceptors (Lipinski definition) is 4. The van der Waals surface area contributed by atoms with Crippen LogP contribution in [0.2, 0.25) is 0 Å². The molecule has 0 aliphatic carbocycles. The summed E-state index contributed by atoms with van der Waals surface area (Å²) in [7, 11) is 1.99. The van der Waals surface area contributed by atoms with Crippen molar-refractivity contribution in [2.45, 2.75) is 26.3 Å². The predicted molar refractivity (Wildman–Crippen MR) is 71.3 cm³/mol. The number of rotatable bonds is 4. The van der Waals surface area contributed by atoms with Crippen LogP contribution in [0.25, 0.3) is 0 Å². The highest BCUT2D eigenvalue weighted by atomic mass is 32.1. The maximum Gasteiger partial charge on any atom is 0.0772 e. The van der Waals surface area contributed by atoms with Crippen molar-refractivity contribution in [3.63, 3.8) is 0 Å². The van der Waals surface area contributed by atoms with E-state index in [9.17, 15) is 0 Å². The lowest BCUT2D eigenvalue weighted by atomic mass is 10.0. The first kappa shape index (κ1) is 12.2. The number of benzene rings is 1. The number of hydrogen-bond donors (Lipinski definition) is 1. The molecule has 0 spiro atoms. The van der Waals surface area contributed by atoms with Gasteiger partial charge in [-0.15, -0.1) is 5.10 Å². The molecule has 2 aromatic rings. The van der Waals surface area contributed by atoms with E-state index in [2.05, 4.69) is 46.1 Å². The van der Waals surface area contributed by atoms with Gasteiger partial charge in [-0.1, -0.05) is 34.3 Å². The Morgan fingerprint density at radius 3 is 2.76 bits per heavy atom. The first-order valence-electron chi connectivity index (χ1n) is 5.72. The zero-order chi connectivity index (χ0) is 12.3. The van der Waals surface area contributed by atoms with Gasteiger partial charge < -0.3 is 5.32 Å². The van der Waals surface area contributed by atoms with Crippen LogP contribution in [0.15, 0.2) is 24.3 Å². The Morgan fingerprint density at radius 2 is 2.18 bits per heavy atom. The van der Waals surface area contributed by atoms with Crippen molar-refractivity contribution in [3.05, 3.63) is 46.0 Å². The van der Waals surface area contributed by atoms with Crippen LogP contribution in [0.4, 0.5) is 0 Å². The lowest BCUT2D eigenvalue weighted by Crippen LogP contribution is -2.18. The quantitative estimate of drug-likeness (QED) is 0.902. The lowest BCUT2D eigenvalue weighted by Gasteiger charge is -2.14. The smallest absolute Gasteiger partial charge is 0.0772 e.